The Labute approximate surface area is 114 Å². The summed E-state index contributed by atoms with van der Waals surface area (Å²) in [6.07, 6.45) is 1.18. The summed E-state index contributed by atoms with van der Waals surface area (Å²) in [7, 11) is 1.64. The van der Waals surface area contributed by atoms with E-state index in [1.54, 1.807) is 7.11 Å². The molecule has 2 nitrogen and oxygen atoms in total. The molecule has 114 valence electrons. The monoisotopic (exact) mass is 281 g/mol. The van der Waals surface area contributed by atoms with E-state index in [0.717, 1.165) is 45.1 Å². The lowest BCUT2D eigenvalue weighted by molar-refractivity contribution is -0.143. The Morgan fingerprint density at radius 1 is 1.21 bits per heavy atom. The molecular formula is C14H26F3NO. The highest BCUT2D eigenvalue weighted by molar-refractivity contribution is 4.95. The van der Waals surface area contributed by atoms with Crippen LogP contribution in [0.4, 0.5) is 13.2 Å². The first-order valence-corrected chi connectivity index (χ1v) is 7.29. The minimum atomic E-state index is -4.09. The summed E-state index contributed by atoms with van der Waals surface area (Å²) in [6.45, 7) is 2.77. The molecule has 0 heterocycles. The molecule has 1 atom stereocenters. The maximum Gasteiger partial charge on any atom is 0.389 e. The van der Waals surface area contributed by atoms with Crippen molar-refractivity contribution in [3.8, 4) is 0 Å². The second-order valence-electron chi connectivity index (χ2n) is 5.49. The van der Waals surface area contributed by atoms with Crippen LogP contribution in [0.5, 0.6) is 0 Å². The van der Waals surface area contributed by atoms with Gasteiger partial charge in [-0.05, 0) is 32.2 Å². The van der Waals surface area contributed by atoms with Crippen LogP contribution in [-0.2, 0) is 4.74 Å². The zero-order chi connectivity index (χ0) is 14.4. The number of hydrogen-bond acceptors (Lipinski definition) is 2. The van der Waals surface area contributed by atoms with Crippen LogP contribution < -0.4 is 5.32 Å². The van der Waals surface area contributed by atoms with Crippen LogP contribution in [0, 0.1) is 0 Å². The zero-order valence-electron chi connectivity index (χ0n) is 12.0. The average Bonchev–Trinajstić information content (AvgIpc) is 2.38. The number of ether oxygens (including phenoxy) is 1. The molecule has 1 aliphatic carbocycles. The van der Waals surface area contributed by atoms with Gasteiger partial charge in [-0.2, -0.15) is 13.2 Å². The largest absolute Gasteiger partial charge is 0.389 e. The molecule has 1 fully saturated rings. The summed E-state index contributed by atoms with van der Waals surface area (Å²) < 4.78 is 43.1. The molecule has 0 aromatic heterocycles. The predicted octanol–water partition coefficient (Wildman–Crippen LogP) is 4.05. The Morgan fingerprint density at radius 2 is 1.84 bits per heavy atom. The zero-order valence-corrected chi connectivity index (χ0v) is 12.0. The van der Waals surface area contributed by atoms with Crippen LogP contribution in [0.3, 0.4) is 0 Å². The SMILES string of the molecule is CCCNC(CCC(F)(F)F)C1(OC)CCCCC1. The van der Waals surface area contributed by atoms with Gasteiger partial charge in [-0.15, -0.1) is 0 Å². The van der Waals surface area contributed by atoms with E-state index in [2.05, 4.69) is 5.32 Å². The smallest absolute Gasteiger partial charge is 0.377 e. The number of nitrogens with one attached hydrogen (secondary N) is 1. The van der Waals surface area contributed by atoms with Gasteiger partial charge in [0.2, 0.25) is 0 Å². The minimum absolute atomic E-state index is 0.108. The Kier molecular flexibility index (Phi) is 6.60. The maximum atomic E-state index is 12.5. The minimum Gasteiger partial charge on any atom is -0.377 e. The first-order valence-electron chi connectivity index (χ1n) is 7.29. The molecule has 0 amide bonds. The number of methoxy groups -OCH3 is 1. The van der Waals surface area contributed by atoms with Crippen molar-refractivity contribution in [3.05, 3.63) is 0 Å². The molecule has 1 rings (SSSR count). The fourth-order valence-corrected chi connectivity index (χ4v) is 3.02. The summed E-state index contributed by atoms with van der Waals surface area (Å²) in [5.74, 6) is 0. The quantitative estimate of drug-likeness (QED) is 0.760. The van der Waals surface area contributed by atoms with E-state index in [4.69, 9.17) is 4.74 Å². The van der Waals surface area contributed by atoms with Gasteiger partial charge >= 0.3 is 6.18 Å². The van der Waals surface area contributed by atoms with E-state index < -0.39 is 18.2 Å². The van der Waals surface area contributed by atoms with Gasteiger partial charge in [0.05, 0.1) is 5.60 Å². The predicted molar refractivity (Wildman–Crippen MR) is 70.2 cm³/mol. The molecule has 19 heavy (non-hydrogen) atoms. The van der Waals surface area contributed by atoms with Crippen molar-refractivity contribution in [2.24, 2.45) is 0 Å². The van der Waals surface area contributed by atoms with E-state index in [-0.39, 0.29) is 12.5 Å². The summed E-state index contributed by atoms with van der Waals surface area (Å²) in [6, 6.07) is -0.195. The van der Waals surface area contributed by atoms with Crippen molar-refractivity contribution in [1.29, 1.82) is 0 Å². The Hall–Kier alpha value is -0.290. The van der Waals surface area contributed by atoms with Crippen molar-refractivity contribution >= 4 is 0 Å². The number of halogens is 3. The van der Waals surface area contributed by atoms with Crippen LogP contribution in [0.25, 0.3) is 0 Å². The van der Waals surface area contributed by atoms with Crippen molar-refractivity contribution in [2.45, 2.75) is 76.1 Å². The van der Waals surface area contributed by atoms with Crippen LogP contribution in [0.2, 0.25) is 0 Å². The molecule has 0 aromatic rings. The van der Waals surface area contributed by atoms with Gasteiger partial charge < -0.3 is 10.1 Å². The molecule has 1 N–H and O–H groups in total. The molecule has 1 unspecified atom stereocenters. The first kappa shape index (κ1) is 16.8. The standard InChI is InChI=1S/C14H26F3NO/c1-3-11-18-12(7-10-14(15,16)17)13(19-2)8-5-4-6-9-13/h12,18H,3-11H2,1-2H3. The van der Waals surface area contributed by atoms with Crippen molar-refractivity contribution in [2.75, 3.05) is 13.7 Å². The summed E-state index contributed by atoms with van der Waals surface area (Å²) in [5, 5.41) is 3.28. The highest BCUT2D eigenvalue weighted by atomic mass is 19.4. The van der Waals surface area contributed by atoms with E-state index in [0.29, 0.717) is 0 Å². The molecular weight excluding hydrogens is 255 g/mol. The lowest BCUT2D eigenvalue weighted by atomic mass is 9.77. The lowest BCUT2D eigenvalue weighted by Gasteiger charge is -2.43. The fraction of sp³-hybridized carbons (Fsp3) is 1.00. The van der Waals surface area contributed by atoms with Gasteiger partial charge in [-0.3, -0.25) is 0 Å². The Balaban J connectivity index is 2.68. The van der Waals surface area contributed by atoms with Crippen molar-refractivity contribution in [1.82, 2.24) is 5.32 Å². The maximum absolute atomic E-state index is 12.5. The second kappa shape index (κ2) is 7.48. The van der Waals surface area contributed by atoms with Gasteiger partial charge in [0.15, 0.2) is 0 Å². The average molecular weight is 281 g/mol. The normalized spacial score (nSPS) is 21.3. The van der Waals surface area contributed by atoms with Crippen molar-refractivity contribution < 1.29 is 17.9 Å². The molecule has 5 heteroatoms. The van der Waals surface area contributed by atoms with Gasteiger partial charge in [-0.1, -0.05) is 26.2 Å². The lowest BCUT2D eigenvalue weighted by Crippen LogP contribution is -2.53. The molecule has 1 saturated carbocycles. The third-order valence-electron chi connectivity index (χ3n) is 4.10. The molecule has 0 spiro atoms. The third-order valence-corrected chi connectivity index (χ3v) is 4.10. The van der Waals surface area contributed by atoms with Crippen LogP contribution in [0.1, 0.15) is 58.3 Å². The van der Waals surface area contributed by atoms with E-state index >= 15 is 0 Å². The molecule has 0 saturated heterocycles. The topological polar surface area (TPSA) is 21.3 Å². The summed E-state index contributed by atoms with van der Waals surface area (Å²) in [4.78, 5) is 0. The summed E-state index contributed by atoms with van der Waals surface area (Å²) in [5.41, 5.74) is -0.404. The molecule has 0 bridgehead atoms. The van der Waals surface area contributed by atoms with Crippen molar-refractivity contribution in [3.63, 3.8) is 0 Å². The molecule has 0 radical (unpaired) electrons. The highest BCUT2D eigenvalue weighted by Gasteiger charge is 2.41. The number of alkyl halides is 3. The number of rotatable bonds is 7. The van der Waals surface area contributed by atoms with E-state index in [1.165, 1.54) is 0 Å². The molecule has 1 aliphatic rings. The van der Waals surface area contributed by atoms with Gasteiger partial charge in [-0.25, -0.2) is 0 Å². The Bertz CT molecular complexity index is 250. The van der Waals surface area contributed by atoms with Crippen LogP contribution in [0.15, 0.2) is 0 Å². The third kappa shape index (κ3) is 5.30. The molecule has 0 aliphatic heterocycles. The number of hydrogen-bond donors (Lipinski definition) is 1. The first-order chi connectivity index (χ1) is 8.93. The van der Waals surface area contributed by atoms with Crippen LogP contribution >= 0.6 is 0 Å². The molecule has 0 aromatic carbocycles. The van der Waals surface area contributed by atoms with Gasteiger partial charge in [0.25, 0.3) is 0 Å². The summed E-state index contributed by atoms with van der Waals surface area (Å²) >= 11 is 0. The van der Waals surface area contributed by atoms with Gasteiger partial charge in [0.1, 0.15) is 0 Å². The van der Waals surface area contributed by atoms with Crippen LogP contribution in [-0.4, -0.2) is 31.5 Å². The fourth-order valence-electron chi connectivity index (χ4n) is 3.02. The Morgan fingerprint density at radius 3 is 2.32 bits per heavy atom. The van der Waals surface area contributed by atoms with E-state index in [1.807, 2.05) is 6.92 Å². The highest BCUT2D eigenvalue weighted by Crippen LogP contribution is 2.37. The van der Waals surface area contributed by atoms with E-state index in [9.17, 15) is 13.2 Å². The van der Waals surface area contributed by atoms with Gasteiger partial charge in [0, 0.05) is 19.6 Å². The second-order valence-corrected chi connectivity index (χ2v) is 5.49.